The first-order valence-corrected chi connectivity index (χ1v) is 18.6. The quantitative estimate of drug-likeness (QED) is 0.296. The fraction of sp³-hybridized carbons (Fsp3) is 0.679. The van der Waals surface area contributed by atoms with Crippen LogP contribution in [0.5, 0.6) is 0 Å². The number of rotatable bonds is 10. The number of benzene rings is 1. The molecule has 0 amide bonds. The van der Waals surface area contributed by atoms with Crippen LogP contribution < -0.4 is 0 Å². The van der Waals surface area contributed by atoms with Crippen LogP contribution >= 0.6 is 23.5 Å². The number of piperidine rings is 1. The second-order valence-electron chi connectivity index (χ2n) is 11.6. The van der Waals surface area contributed by atoms with Gasteiger partial charge in [-0.3, -0.25) is 9.58 Å². The molecule has 2 fully saturated rings. The summed E-state index contributed by atoms with van der Waals surface area (Å²) >= 11 is 2.89. The van der Waals surface area contributed by atoms with E-state index in [1.165, 1.54) is 16.4 Å². The molecule has 0 radical (unpaired) electrons. The molecular weight excluding hydrogens is 646 g/mol. The Morgan fingerprint density at radius 3 is 2.43 bits per heavy atom. The molecule has 1 aromatic carbocycles. The summed E-state index contributed by atoms with van der Waals surface area (Å²) in [7, 11) is -3.53. The Morgan fingerprint density at radius 1 is 1.07 bits per heavy atom. The molecule has 2 saturated heterocycles. The van der Waals surface area contributed by atoms with Crippen LogP contribution in [-0.4, -0.2) is 119 Å². The number of nitrogens with zero attached hydrogens (tertiary/aromatic N) is 5. The number of thioether (sulfide) groups is 2. The number of hydrogen-bond acceptors (Lipinski definition) is 8. The first-order valence-electron chi connectivity index (χ1n) is 14.7. The molecule has 8 nitrogen and oxygen atoms in total. The zero-order chi connectivity index (χ0) is 31.7. The summed E-state index contributed by atoms with van der Waals surface area (Å²) in [5, 5.41) is 15.7. The van der Waals surface area contributed by atoms with Crippen molar-refractivity contribution in [1.29, 1.82) is 0 Å². The number of β-amino-alcohol motifs (C(OH)–C–C–N with tert-alkyl or cyclic N) is 1. The van der Waals surface area contributed by atoms with Crippen LogP contribution in [0, 0.1) is 0 Å². The lowest BCUT2D eigenvalue weighted by Gasteiger charge is -2.31. The summed E-state index contributed by atoms with van der Waals surface area (Å²) in [6, 6.07) is 3.81. The van der Waals surface area contributed by atoms with Gasteiger partial charge in [0.15, 0.2) is 0 Å². The number of aliphatic hydroxyl groups excluding tert-OH is 1. The lowest BCUT2D eigenvalue weighted by atomic mass is 10.0. The molecule has 16 heteroatoms. The summed E-state index contributed by atoms with van der Waals surface area (Å²) in [4.78, 5) is 4.03. The van der Waals surface area contributed by atoms with E-state index in [0.717, 1.165) is 54.4 Å². The molecule has 3 aliphatic heterocycles. The first kappa shape index (κ1) is 33.9. The number of fused-ring (bicyclic) bond motifs is 1. The maximum absolute atomic E-state index is 14.0. The average Bonchev–Trinajstić information content (AvgIpc) is 3.31. The normalized spacial score (nSPS) is 21.3. The van der Waals surface area contributed by atoms with Crippen LogP contribution in [0.1, 0.15) is 29.7 Å². The second-order valence-corrected chi connectivity index (χ2v) is 16.0. The number of halogens is 5. The van der Waals surface area contributed by atoms with Gasteiger partial charge in [-0.1, -0.05) is 6.07 Å². The van der Waals surface area contributed by atoms with Gasteiger partial charge in [-0.2, -0.15) is 34.3 Å². The number of aromatic nitrogens is 2. The molecule has 5 rings (SSSR count). The van der Waals surface area contributed by atoms with Crippen LogP contribution in [0.2, 0.25) is 0 Å². The van der Waals surface area contributed by atoms with Gasteiger partial charge in [0.25, 0.3) is 5.92 Å². The number of hydrogen-bond donors (Lipinski definition) is 1. The number of likely N-dealkylation sites (tertiary alicyclic amines) is 1. The third kappa shape index (κ3) is 8.48. The van der Waals surface area contributed by atoms with E-state index in [0.29, 0.717) is 36.3 Å². The fourth-order valence-corrected chi connectivity index (χ4v) is 8.77. The van der Waals surface area contributed by atoms with Crippen molar-refractivity contribution in [3.63, 3.8) is 0 Å². The Kier molecular flexibility index (Phi) is 10.6. The van der Waals surface area contributed by atoms with Crippen molar-refractivity contribution in [1.82, 2.24) is 23.9 Å². The van der Waals surface area contributed by atoms with Crippen LogP contribution in [0.15, 0.2) is 23.1 Å². The molecule has 3 aliphatic rings. The summed E-state index contributed by atoms with van der Waals surface area (Å²) in [6.07, 6.45) is -4.36. The SMILES string of the molecule is CS(=O)(=O)N1CCc2c(c(-c3ccc(C(F)(F)F)c(SCCN4CCC(F)(F)CC4)c3)nn2C[C@@H](O)CN2CCSCC2)C1. The summed E-state index contributed by atoms with van der Waals surface area (Å²) in [6.45, 7) is 3.46. The van der Waals surface area contributed by atoms with E-state index in [9.17, 15) is 35.5 Å². The van der Waals surface area contributed by atoms with Gasteiger partial charge in [0.1, 0.15) is 0 Å². The van der Waals surface area contributed by atoms with Crippen LogP contribution in [0.3, 0.4) is 0 Å². The Labute approximate surface area is 263 Å². The summed E-state index contributed by atoms with van der Waals surface area (Å²) in [5.41, 5.74) is 1.41. The van der Waals surface area contributed by atoms with Crippen molar-refractivity contribution >= 4 is 33.5 Å². The molecule has 246 valence electrons. The molecule has 2 aromatic rings. The van der Waals surface area contributed by atoms with Gasteiger partial charge in [0, 0.05) is 111 Å². The van der Waals surface area contributed by atoms with Crippen molar-refractivity contribution in [2.24, 2.45) is 0 Å². The molecule has 0 unspecified atom stereocenters. The second kappa shape index (κ2) is 13.7. The summed E-state index contributed by atoms with van der Waals surface area (Å²) in [5.74, 6) is -0.414. The monoisotopic (exact) mass is 683 g/mol. The number of sulfonamides is 1. The largest absolute Gasteiger partial charge is 0.417 e. The number of aliphatic hydroxyl groups is 1. The molecule has 0 bridgehead atoms. The van der Waals surface area contributed by atoms with E-state index in [1.54, 1.807) is 4.68 Å². The molecule has 4 heterocycles. The van der Waals surface area contributed by atoms with Crippen molar-refractivity contribution in [2.75, 3.05) is 69.3 Å². The minimum Gasteiger partial charge on any atom is -0.390 e. The third-order valence-corrected chi connectivity index (χ3v) is 11.6. The van der Waals surface area contributed by atoms with Crippen molar-refractivity contribution in [3.05, 3.63) is 35.0 Å². The Bertz CT molecular complexity index is 1410. The maximum Gasteiger partial charge on any atom is 0.417 e. The smallest absolute Gasteiger partial charge is 0.390 e. The highest BCUT2D eigenvalue weighted by Crippen LogP contribution is 2.40. The Balaban J connectivity index is 1.41. The zero-order valence-electron chi connectivity index (χ0n) is 24.5. The lowest BCUT2D eigenvalue weighted by molar-refractivity contribution is -0.139. The van der Waals surface area contributed by atoms with Gasteiger partial charge < -0.3 is 10.0 Å². The van der Waals surface area contributed by atoms with Gasteiger partial charge in [0.05, 0.1) is 30.2 Å². The molecule has 0 spiro atoms. The maximum atomic E-state index is 14.0. The molecule has 44 heavy (non-hydrogen) atoms. The van der Waals surface area contributed by atoms with E-state index in [4.69, 9.17) is 5.10 Å². The van der Waals surface area contributed by atoms with Crippen LogP contribution in [-0.2, 0) is 35.7 Å². The van der Waals surface area contributed by atoms with Crippen LogP contribution in [0.4, 0.5) is 22.0 Å². The predicted octanol–water partition coefficient (Wildman–Crippen LogP) is 4.12. The zero-order valence-corrected chi connectivity index (χ0v) is 27.0. The summed E-state index contributed by atoms with van der Waals surface area (Å²) < 4.78 is 96.9. The molecular formula is C28H38F5N5O3S3. The van der Waals surface area contributed by atoms with Crippen molar-refractivity contribution in [3.8, 4) is 11.3 Å². The highest BCUT2D eigenvalue weighted by molar-refractivity contribution is 7.99. The van der Waals surface area contributed by atoms with Gasteiger partial charge in [-0.25, -0.2) is 17.2 Å². The lowest BCUT2D eigenvalue weighted by Crippen LogP contribution is -2.40. The van der Waals surface area contributed by atoms with Crippen molar-refractivity contribution < 1.29 is 35.5 Å². The van der Waals surface area contributed by atoms with E-state index in [1.807, 2.05) is 16.7 Å². The van der Waals surface area contributed by atoms with Crippen molar-refractivity contribution in [2.45, 2.75) is 55.5 Å². The predicted molar refractivity (Wildman–Crippen MR) is 163 cm³/mol. The highest BCUT2D eigenvalue weighted by atomic mass is 32.2. The number of alkyl halides is 5. The molecule has 1 N–H and O–H groups in total. The first-order chi connectivity index (χ1) is 20.7. The fourth-order valence-electron chi connectivity index (χ4n) is 5.88. The molecule has 0 saturated carbocycles. The van der Waals surface area contributed by atoms with E-state index < -0.39 is 33.8 Å². The highest BCUT2D eigenvalue weighted by Gasteiger charge is 2.36. The molecule has 0 aliphatic carbocycles. The Hall–Kier alpha value is -1.43. The molecule has 1 atom stereocenters. The van der Waals surface area contributed by atoms with Gasteiger partial charge in [-0.05, 0) is 12.1 Å². The molecule has 1 aromatic heterocycles. The van der Waals surface area contributed by atoms with Gasteiger partial charge in [-0.15, -0.1) is 11.8 Å². The minimum absolute atomic E-state index is 0.000536. The van der Waals surface area contributed by atoms with Gasteiger partial charge in [0.2, 0.25) is 10.0 Å². The van der Waals surface area contributed by atoms with Crippen LogP contribution in [0.25, 0.3) is 11.3 Å². The van der Waals surface area contributed by atoms with E-state index in [2.05, 4.69) is 4.90 Å². The average molecular weight is 684 g/mol. The topological polar surface area (TPSA) is 81.9 Å². The minimum atomic E-state index is -4.60. The third-order valence-electron chi connectivity index (χ3n) is 8.34. The van der Waals surface area contributed by atoms with E-state index in [-0.39, 0.29) is 56.2 Å². The Morgan fingerprint density at radius 2 is 1.77 bits per heavy atom. The van der Waals surface area contributed by atoms with E-state index >= 15 is 0 Å². The van der Waals surface area contributed by atoms with Gasteiger partial charge >= 0.3 is 6.18 Å². The standard InChI is InChI=1S/C28H38F5N5O3S3/c1-44(40,41)37-7-4-24-22(19-37)26(34-38(24)18-21(39)17-36-10-13-42-14-11-36)20-2-3-23(28(31,32)33)25(16-20)43-15-12-35-8-5-27(29,30)6-9-35/h2-3,16,21,39H,4-15,17-19H2,1H3/t21-/m0/s1.